The van der Waals surface area contributed by atoms with Crippen molar-refractivity contribution in [3.63, 3.8) is 0 Å². The average molecular weight is 428 g/mol. The zero-order valence-electron chi connectivity index (χ0n) is 17.8. The van der Waals surface area contributed by atoms with Crippen LogP contribution in [0.1, 0.15) is 48.0 Å². The third kappa shape index (κ3) is 8.73. The quantitative estimate of drug-likeness (QED) is 0.352. The van der Waals surface area contributed by atoms with Crippen LogP contribution in [-0.4, -0.2) is 83.5 Å². The minimum absolute atomic E-state index is 0.0142. The van der Waals surface area contributed by atoms with Gasteiger partial charge in [-0.3, -0.25) is 4.57 Å². The van der Waals surface area contributed by atoms with Gasteiger partial charge >= 0.3 is 7.60 Å². The van der Waals surface area contributed by atoms with Gasteiger partial charge in [0.2, 0.25) is 0 Å². The maximum absolute atomic E-state index is 12.1. The van der Waals surface area contributed by atoms with E-state index in [0.29, 0.717) is 6.61 Å². The Kier molecular flexibility index (Phi) is 10.0. The Morgan fingerprint density at radius 1 is 1.04 bits per heavy atom. The SMILES string of the molecule is CC(C)(C)OCCOC1OC(CO)CC(OCCOP(=O)(O)C(C)(C)C)C1O. The standard InChI is InChI=1S/C18H37O9P/c1-17(2,3)25-9-7-24-16-15(20)14(11-13(12-19)27-16)23-8-10-26-28(21,22)18(4,5)6/h13-16,19-20H,7-12H2,1-6H3,(H,21,22). The third-order valence-electron chi connectivity index (χ3n) is 4.11. The summed E-state index contributed by atoms with van der Waals surface area (Å²) < 4.78 is 39.4. The van der Waals surface area contributed by atoms with Crippen LogP contribution in [0.5, 0.6) is 0 Å². The van der Waals surface area contributed by atoms with Crippen LogP contribution in [0.25, 0.3) is 0 Å². The Morgan fingerprint density at radius 2 is 1.64 bits per heavy atom. The van der Waals surface area contributed by atoms with Crippen molar-refractivity contribution in [1.82, 2.24) is 0 Å². The predicted molar refractivity (Wildman–Crippen MR) is 103 cm³/mol. The summed E-state index contributed by atoms with van der Waals surface area (Å²) in [6.45, 7) is 10.9. The summed E-state index contributed by atoms with van der Waals surface area (Å²) in [6, 6.07) is 0. The summed E-state index contributed by atoms with van der Waals surface area (Å²) in [4.78, 5) is 9.88. The zero-order valence-corrected chi connectivity index (χ0v) is 18.7. The van der Waals surface area contributed by atoms with E-state index in [9.17, 15) is 19.7 Å². The molecule has 0 bridgehead atoms. The van der Waals surface area contributed by atoms with E-state index >= 15 is 0 Å². The van der Waals surface area contributed by atoms with Crippen molar-refractivity contribution in [2.75, 3.05) is 33.0 Å². The van der Waals surface area contributed by atoms with Gasteiger partial charge in [0.15, 0.2) is 6.29 Å². The van der Waals surface area contributed by atoms with E-state index in [1.165, 1.54) is 0 Å². The van der Waals surface area contributed by atoms with Gasteiger partial charge in [0.05, 0.1) is 56.0 Å². The Hall–Kier alpha value is -0.0900. The minimum Gasteiger partial charge on any atom is -0.394 e. The molecule has 0 aromatic carbocycles. The van der Waals surface area contributed by atoms with Crippen molar-refractivity contribution < 1.29 is 43.1 Å². The van der Waals surface area contributed by atoms with Gasteiger partial charge in [-0.2, -0.15) is 0 Å². The summed E-state index contributed by atoms with van der Waals surface area (Å²) in [6.07, 6.45) is -2.96. The molecular weight excluding hydrogens is 391 g/mol. The molecule has 1 saturated heterocycles. The summed E-state index contributed by atoms with van der Waals surface area (Å²) in [5, 5.41) is 19.0. The number of ether oxygens (including phenoxy) is 4. The molecule has 0 amide bonds. The van der Waals surface area contributed by atoms with Gasteiger partial charge in [-0.1, -0.05) is 0 Å². The molecule has 3 N–H and O–H groups in total. The van der Waals surface area contributed by atoms with Crippen LogP contribution >= 0.6 is 7.60 Å². The molecule has 1 aliphatic rings. The van der Waals surface area contributed by atoms with Gasteiger partial charge in [-0.25, -0.2) is 0 Å². The van der Waals surface area contributed by atoms with E-state index < -0.39 is 37.4 Å². The molecule has 168 valence electrons. The molecule has 10 heteroatoms. The maximum atomic E-state index is 12.1. The fourth-order valence-electron chi connectivity index (χ4n) is 2.39. The Balaban J connectivity index is 2.48. The van der Waals surface area contributed by atoms with Gasteiger partial charge in [0, 0.05) is 6.42 Å². The van der Waals surface area contributed by atoms with Gasteiger partial charge in [-0.15, -0.1) is 0 Å². The first kappa shape index (κ1) is 25.9. The van der Waals surface area contributed by atoms with E-state index in [1.54, 1.807) is 20.8 Å². The summed E-state index contributed by atoms with van der Waals surface area (Å²) in [7, 11) is -3.77. The topological polar surface area (TPSA) is 124 Å². The van der Waals surface area contributed by atoms with Gasteiger partial charge < -0.3 is 38.6 Å². The summed E-state index contributed by atoms with van der Waals surface area (Å²) in [5.41, 5.74) is -0.298. The summed E-state index contributed by atoms with van der Waals surface area (Å²) in [5.74, 6) is 0. The van der Waals surface area contributed by atoms with Crippen molar-refractivity contribution in [3.05, 3.63) is 0 Å². The number of rotatable bonds is 10. The largest absolute Gasteiger partial charge is 0.394 e. The monoisotopic (exact) mass is 428 g/mol. The molecule has 1 heterocycles. The zero-order chi connectivity index (χ0) is 21.6. The highest BCUT2D eigenvalue weighted by Gasteiger charge is 2.39. The van der Waals surface area contributed by atoms with Crippen LogP contribution < -0.4 is 0 Å². The highest BCUT2D eigenvalue weighted by atomic mass is 31.2. The lowest BCUT2D eigenvalue weighted by molar-refractivity contribution is -0.280. The first-order valence-corrected chi connectivity index (χ1v) is 11.1. The molecule has 0 radical (unpaired) electrons. The lowest BCUT2D eigenvalue weighted by Crippen LogP contribution is -2.52. The predicted octanol–water partition coefficient (Wildman–Crippen LogP) is 1.67. The fraction of sp³-hybridized carbons (Fsp3) is 1.00. The number of aliphatic hydroxyl groups excluding tert-OH is 2. The van der Waals surface area contributed by atoms with Crippen LogP contribution in [0.2, 0.25) is 0 Å². The number of hydrogen-bond acceptors (Lipinski definition) is 8. The van der Waals surface area contributed by atoms with Crippen LogP contribution in [0.4, 0.5) is 0 Å². The molecule has 1 rings (SSSR count). The lowest BCUT2D eigenvalue weighted by atomic mass is 10.0. The van der Waals surface area contributed by atoms with E-state index in [1.807, 2.05) is 20.8 Å². The second kappa shape index (κ2) is 10.8. The normalized spacial score (nSPS) is 28.9. The molecule has 1 aliphatic heterocycles. The smallest absolute Gasteiger partial charge is 0.333 e. The van der Waals surface area contributed by atoms with Gasteiger partial charge in [0.1, 0.15) is 6.10 Å². The van der Waals surface area contributed by atoms with E-state index in [2.05, 4.69) is 0 Å². The third-order valence-corrected chi connectivity index (χ3v) is 6.34. The molecule has 0 saturated carbocycles. The number of aliphatic hydroxyl groups is 2. The van der Waals surface area contributed by atoms with E-state index in [-0.39, 0.29) is 38.4 Å². The number of hydrogen-bond donors (Lipinski definition) is 3. The van der Waals surface area contributed by atoms with Gasteiger partial charge in [0.25, 0.3) is 0 Å². The van der Waals surface area contributed by atoms with E-state index in [4.69, 9.17) is 23.5 Å². The van der Waals surface area contributed by atoms with Gasteiger partial charge in [-0.05, 0) is 41.5 Å². The maximum Gasteiger partial charge on any atom is 0.333 e. The first-order chi connectivity index (χ1) is 12.8. The molecule has 5 atom stereocenters. The van der Waals surface area contributed by atoms with Crippen molar-refractivity contribution in [3.8, 4) is 0 Å². The van der Waals surface area contributed by atoms with Crippen LogP contribution in [-0.2, 0) is 28.0 Å². The first-order valence-electron chi connectivity index (χ1n) is 9.56. The average Bonchev–Trinajstić information content (AvgIpc) is 2.55. The Bertz CT molecular complexity index is 500. The molecule has 0 aromatic rings. The van der Waals surface area contributed by atoms with Crippen LogP contribution in [0, 0.1) is 0 Å². The molecule has 5 unspecified atom stereocenters. The Labute approximate surface area is 167 Å². The van der Waals surface area contributed by atoms with Crippen LogP contribution in [0.15, 0.2) is 0 Å². The van der Waals surface area contributed by atoms with Crippen molar-refractivity contribution in [1.29, 1.82) is 0 Å². The van der Waals surface area contributed by atoms with Crippen molar-refractivity contribution in [2.45, 2.75) is 83.3 Å². The molecule has 28 heavy (non-hydrogen) atoms. The highest BCUT2D eigenvalue weighted by Crippen LogP contribution is 2.54. The molecule has 1 fully saturated rings. The molecule has 0 spiro atoms. The molecule has 0 aromatic heterocycles. The highest BCUT2D eigenvalue weighted by molar-refractivity contribution is 7.54. The Morgan fingerprint density at radius 3 is 2.18 bits per heavy atom. The second-order valence-electron chi connectivity index (χ2n) is 8.80. The van der Waals surface area contributed by atoms with Crippen molar-refractivity contribution in [2.24, 2.45) is 0 Å². The fourth-order valence-corrected chi connectivity index (χ4v) is 3.10. The minimum atomic E-state index is -3.77. The molecule has 0 aliphatic carbocycles. The van der Waals surface area contributed by atoms with Crippen LogP contribution in [0.3, 0.4) is 0 Å². The van der Waals surface area contributed by atoms with Crippen molar-refractivity contribution >= 4 is 7.60 Å². The molecular formula is C18H37O9P. The second-order valence-corrected chi connectivity index (χ2v) is 11.4. The lowest BCUT2D eigenvalue weighted by Gasteiger charge is -2.38. The molecule has 9 nitrogen and oxygen atoms in total. The van der Waals surface area contributed by atoms with E-state index in [0.717, 1.165) is 0 Å². The summed E-state index contributed by atoms with van der Waals surface area (Å²) >= 11 is 0.